The third kappa shape index (κ3) is 5.57. The number of carbonyl (C=O) groups excluding carboxylic acids is 2. The van der Waals surface area contributed by atoms with Crippen molar-refractivity contribution in [3.8, 4) is 0 Å². The van der Waals surface area contributed by atoms with Crippen LogP contribution in [0.1, 0.15) is 5.56 Å². The number of benzene rings is 2. The largest absolute Gasteiger partial charge is 0.368 e. The highest BCUT2D eigenvalue weighted by Gasteiger charge is 2.22. The zero-order chi connectivity index (χ0) is 23.2. The number of para-hydroxylation sites is 1. The molecule has 1 aromatic heterocycles. The Kier molecular flexibility index (Phi) is 6.68. The first-order valence-corrected chi connectivity index (χ1v) is 10.6. The number of nitrogens with one attached hydrogen (secondary N) is 3. The van der Waals surface area contributed by atoms with E-state index in [9.17, 15) is 14.0 Å². The van der Waals surface area contributed by atoms with Gasteiger partial charge in [0, 0.05) is 43.8 Å². The van der Waals surface area contributed by atoms with Crippen molar-refractivity contribution in [2.24, 2.45) is 0 Å². The van der Waals surface area contributed by atoms with Crippen LogP contribution in [0.25, 0.3) is 0 Å². The molecule has 0 saturated carbocycles. The number of urea groups is 2. The van der Waals surface area contributed by atoms with Crippen LogP contribution in [0.4, 0.5) is 36.9 Å². The number of rotatable bonds is 4. The van der Waals surface area contributed by atoms with Crippen molar-refractivity contribution in [2.45, 2.75) is 6.92 Å². The molecule has 0 unspecified atom stereocenters. The number of piperazine rings is 1. The van der Waals surface area contributed by atoms with Crippen molar-refractivity contribution >= 4 is 34.9 Å². The lowest BCUT2D eigenvalue weighted by atomic mass is 10.2. The first kappa shape index (κ1) is 22.1. The number of anilines is 4. The minimum atomic E-state index is -0.518. The number of nitrogens with zero attached hydrogens (tertiary/aromatic N) is 3. The Hall–Kier alpha value is -4.14. The van der Waals surface area contributed by atoms with Gasteiger partial charge in [-0.1, -0.05) is 18.2 Å². The van der Waals surface area contributed by atoms with Crippen LogP contribution in [0.3, 0.4) is 0 Å². The van der Waals surface area contributed by atoms with Crippen LogP contribution in [0, 0.1) is 12.7 Å². The fourth-order valence-electron chi connectivity index (χ4n) is 3.57. The number of amides is 4. The monoisotopic (exact) mass is 448 g/mol. The number of carbonyl (C=O) groups is 2. The lowest BCUT2D eigenvalue weighted by Crippen LogP contribution is -2.50. The van der Waals surface area contributed by atoms with Crippen molar-refractivity contribution in [3.05, 3.63) is 78.2 Å². The summed E-state index contributed by atoms with van der Waals surface area (Å²) in [4.78, 5) is 32.8. The van der Waals surface area contributed by atoms with Crippen molar-refractivity contribution < 1.29 is 14.0 Å². The Morgan fingerprint density at radius 3 is 2.30 bits per heavy atom. The summed E-state index contributed by atoms with van der Waals surface area (Å²) >= 11 is 0. The highest BCUT2D eigenvalue weighted by atomic mass is 19.1. The molecule has 2 aromatic carbocycles. The van der Waals surface area contributed by atoms with Gasteiger partial charge in [0.05, 0.1) is 5.69 Å². The lowest BCUT2D eigenvalue weighted by Gasteiger charge is -2.36. The Morgan fingerprint density at radius 1 is 0.879 bits per heavy atom. The molecule has 1 aliphatic rings. The molecular weight excluding hydrogens is 423 g/mol. The molecule has 1 fully saturated rings. The Bertz CT molecular complexity index is 1130. The minimum absolute atomic E-state index is 0.117. The molecule has 4 amide bonds. The summed E-state index contributed by atoms with van der Waals surface area (Å²) in [5.74, 6) is 0.0815. The van der Waals surface area contributed by atoms with Gasteiger partial charge in [-0.25, -0.2) is 19.0 Å². The second-order valence-electron chi connectivity index (χ2n) is 7.68. The fourth-order valence-corrected chi connectivity index (χ4v) is 3.57. The average molecular weight is 449 g/mol. The second-order valence-corrected chi connectivity index (χ2v) is 7.68. The number of hydrogen-bond acceptors (Lipinski definition) is 4. The van der Waals surface area contributed by atoms with Gasteiger partial charge in [0.15, 0.2) is 0 Å². The third-order valence-electron chi connectivity index (χ3n) is 5.41. The highest BCUT2D eigenvalue weighted by molar-refractivity contribution is 5.99. The molecule has 0 spiro atoms. The number of halogens is 1. The molecule has 8 nitrogen and oxygen atoms in total. The van der Waals surface area contributed by atoms with Gasteiger partial charge >= 0.3 is 12.1 Å². The zero-order valence-corrected chi connectivity index (χ0v) is 18.2. The number of aromatic nitrogens is 1. The van der Waals surface area contributed by atoms with E-state index in [1.165, 1.54) is 12.1 Å². The first-order chi connectivity index (χ1) is 16.0. The molecule has 3 aromatic rings. The van der Waals surface area contributed by atoms with Crippen LogP contribution in [0.5, 0.6) is 0 Å². The maximum atomic E-state index is 13.7. The third-order valence-corrected chi connectivity index (χ3v) is 5.41. The first-order valence-electron chi connectivity index (χ1n) is 10.6. The number of pyridine rings is 1. The van der Waals surface area contributed by atoms with Gasteiger partial charge in [0.25, 0.3) is 0 Å². The summed E-state index contributed by atoms with van der Waals surface area (Å²) in [5.41, 5.74) is 2.62. The van der Waals surface area contributed by atoms with Gasteiger partial charge in [-0.05, 0) is 55.0 Å². The summed E-state index contributed by atoms with van der Waals surface area (Å²) < 4.78 is 13.7. The van der Waals surface area contributed by atoms with E-state index < -0.39 is 11.8 Å². The van der Waals surface area contributed by atoms with Crippen LogP contribution in [0.2, 0.25) is 0 Å². The van der Waals surface area contributed by atoms with E-state index in [4.69, 9.17) is 0 Å². The molecule has 9 heteroatoms. The predicted octanol–water partition coefficient (Wildman–Crippen LogP) is 4.53. The Labute approximate surface area is 191 Å². The summed E-state index contributed by atoms with van der Waals surface area (Å²) in [6, 6.07) is 16.5. The van der Waals surface area contributed by atoms with E-state index >= 15 is 0 Å². The summed E-state index contributed by atoms with van der Waals surface area (Å²) in [6.07, 6.45) is 1.66. The molecule has 1 aliphatic heterocycles. The quantitative estimate of drug-likeness (QED) is 0.547. The Balaban J connectivity index is 1.27. The minimum Gasteiger partial charge on any atom is -0.368 e. The van der Waals surface area contributed by atoms with Gasteiger partial charge in [0.2, 0.25) is 0 Å². The fraction of sp³-hybridized carbons (Fsp3) is 0.208. The summed E-state index contributed by atoms with van der Waals surface area (Å²) in [6.45, 7) is 4.46. The van der Waals surface area contributed by atoms with Gasteiger partial charge in [-0.2, -0.15) is 0 Å². The van der Waals surface area contributed by atoms with Crippen LogP contribution in [-0.4, -0.2) is 48.1 Å². The summed E-state index contributed by atoms with van der Waals surface area (Å²) in [7, 11) is 0. The number of aryl methyl sites for hydroxylation is 1. The van der Waals surface area contributed by atoms with Gasteiger partial charge in [-0.3, -0.25) is 5.32 Å². The van der Waals surface area contributed by atoms with Gasteiger partial charge in [0.1, 0.15) is 11.6 Å². The second kappa shape index (κ2) is 9.99. The van der Waals surface area contributed by atoms with Crippen molar-refractivity contribution in [1.29, 1.82) is 0 Å². The van der Waals surface area contributed by atoms with Crippen LogP contribution in [-0.2, 0) is 0 Å². The molecule has 170 valence electrons. The standard InChI is InChI=1S/C24H25FN6O2/c1-17-5-4-12-26-22(17)29-24(33)31-15-13-30(14-16-31)19-10-8-18(9-11-19)27-23(32)28-21-7-3-2-6-20(21)25/h2-12H,13-16H2,1H3,(H,26,29,33)(H2,27,28,32). The molecular formula is C24H25FN6O2. The lowest BCUT2D eigenvalue weighted by molar-refractivity contribution is 0.208. The molecule has 0 atom stereocenters. The van der Waals surface area contributed by atoms with Crippen molar-refractivity contribution in [1.82, 2.24) is 9.88 Å². The van der Waals surface area contributed by atoms with Crippen LogP contribution < -0.4 is 20.9 Å². The van der Waals surface area contributed by atoms with Gasteiger partial charge in [-0.15, -0.1) is 0 Å². The molecule has 3 N–H and O–H groups in total. The van der Waals surface area contributed by atoms with Crippen molar-refractivity contribution in [3.63, 3.8) is 0 Å². The maximum Gasteiger partial charge on any atom is 0.323 e. The van der Waals surface area contributed by atoms with E-state index in [0.29, 0.717) is 37.7 Å². The average Bonchev–Trinajstić information content (AvgIpc) is 2.83. The van der Waals surface area contributed by atoms with E-state index in [1.54, 1.807) is 35.4 Å². The predicted molar refractivity (Wildman–Crippen MR) is 127 cm³/mol. The molecule has 0 bridgehead atoms. The highest BCUT2D eigenvalue weighted by Crippen LogP contribution is 2.21. The van der Waals surface area contributed by atoms with E-state index in [2.05, 4.69) is 25.8 Å². The van der Waals surface area contributed by atoms with Crippen molar-refractivity contribution in [2.75, 3.05) is 47.0 Å². The molecule has 0 aliphatic carbocycles. The van der Waals surface area contributed by atoms with Gasteiger partial charge < -0.3 is 20.4 Å². The molecule has 4 rings (SSSR count). The van der Waals surface area contributed by atoms with Crippen LogP contribution >= 0.6 is 0 Å². The molecule has 0 radical (unpaired) electrons. The SMILES string of the molecule is Cc1cccnc1NC(=O)N1CCN(c2ccc(NC(=O)Nc3ccccc3F)cc2)CC1. The summed E-state index contributed by atoms with van der Waals surface area (Å²) in [5, 5.41) is 8.05. The Morgan fingerprint density at radius 2 is 1.61 bits per heavy atom. The molecule has 2 heterocycles. The topological polar surface area (TPSA) is 89.6 Å². The zero-order valence-electron chi connectivity index (χ0n) is 18.2. The van der Waals surface area contributed by atoms with E-state index in [-0.39, 0.29) is 11.7 Å². The normalized spacial score (nSPS) is 13.4. The van der Waals surface area contributed by atoms with E-state index in [1.807, 2.05) is 31.2 Å². The molecule has 1 saturated heterocycles. The van der Waals surface area contributed by atoms with E-state index in [0.717, 1.165) is 11.3 Å². The maximum absolute atomic E-state index is 13.7. The van der Waals surface area contributed by atoms with Crippen LogP contribution in [0.15, 0.2) is 66.9 Å². The molecule has 33 heavy (non-hydrogen) atoms. The smallest absolute Gasteiger partial charge is 0.323 e. The number of hydrogen-bond donors (Lipinski definition) is 3.